The van der Waals surface area contributed by atoms with Crippen molar-refractivity contribution in [2.24, 2.45) is 0 Å². The molecule has 0 bridgehead atoms. The van der Waals surface area contributed by atoms with Crippen LogP contribution in [0.3, 0.4) is 0 Å². The van der Waals surface area contributed by atoms with E-state index < -0.39 is 0 Å². The number of para-hydroxylation sites is 1. The molecule has 0 unspecified atom stereocenters. The molecule has 3 heteroatoms. The Labute approximate surface area is 77.4 Å². The van der Waals surface area contributed by atoms with Crippen molar-refractivity contribution >= 4 is 5.91 Å². The van der Waals surface area contributed by atoms with Gasteiger partial charge in [0, 0.05) is 12.1 Å². The van der Waals surface area contributed by atoms with Crippen molar-refractivity contribution < 1.29 is 9.90 Å². The number of phenolic OH excluding ortho intramolecular Hbond substituents is 1. The molecule has 2 N–H and O–H groups in total. The molecule has 0 aromatic heterocycles. The Morgan fingerprint density at radius 1 is 1.46 bits per heavy atom. The van der Waals surface area contributed by atoms with Crippen molar-refractivity contribution in [3.05, 3.63) is 29.8 Å². The van der Waals surface area contributed by atoms with E-state index in [2.05, 4.69) is 5.32 Å². The Kier molecular flexibility index (Phi) is 3.31. The van der Waals surface area contributed by atoms with Crippen LogP contribution in [0.4, 0.5) is 0 Å². The molecule has 1 amide bonds. The lowest BCUT2D eigenvalue weighted by Gasteiger charge is -2.03. The molecule has 0 saturated carbocycles. The number of aromatic hydroxyl groups is 1. The topological polar surface area (TPSA) is 49.3 Å². The van der Waals surface area contributed by atoms with E-state index in [0.717, 1.165) is 0 Å². The lowest BCUT2D eigenvalue weighted by molar-refractivity contribution is -0.120. The molecule has 0 spiro atoms. The monoisotopic (exact) mass is 179 g/mol. The van der Waals surface area contributed by atoms with Gasteiger partial charge < -0.3 is 10.4 Å². The first-order valence-electron chi connectivity index (χ1n) is 4.27. The summed E-state index contributed by atoms with van der Waals surface area (Å²) in [5.74, 6) is 0.109. The van der Waals surface area contributed by atoms with Crippen molar-refractivity contribution in [2.45, 2.75) is 13.3 Å². The first-order chi connectivity index (χ1) is 6.24. The Hall–Kier alpha value is -1.51. The Morgan fingerprint density at radius 3 is 2.77 bits per heavy atom. The molecule has 1 rings (SSSR count). The summed E-state index contributed by atoms with van der Waals surface area (Å²) < 4.78 is 0. The van der Waals surface area contributed by atoms with Gasteiger partial charge in [0.05, 0.1) is 6.42 Å². The highest BCUT2D eigenvalue weighted by Gasteiger charge is 2.04. The zero-order valence-electron chi connectivity index (χ0n) is 7.58. The average Bonchev–Trinajstić information content (AvgIpc) is 2.09. The number of hydrogen-bond acceptors (Lipinski definition) is 2. The van der Waals surface area contributed by atoms with Crippen LogP contribution < -0.4 is 5.32 Å². The standard InChI is InChI=1S/C10H13NO2/c1-2-11-10(13)7-8-5-3-4-6-9(8)12/h3-6,12H,2,7H2,1H3,(H,11,13). The van der Waals surface area contributed by atoms with Gasteiger partial charge in [-0.1, -0.05) is 18.2 Å². The van der Waals surface area contributed by atoms with Crippen LogP contribution in [0.15, 0.2) is 24.3 Å². The molecule has 0 fully saturated rings. The number of amides is 1. The van der Waals surface area contributed by atoms with Crippen LogP contribution >= 0.6 is 0 Å². The van der Waals surface area contributed by atoms with E-state index in [4.69, 9.17) is 0 Å². The number of carbonyl (C=O) groups is 1. The summed E-state index contributed by atoms with van der Waals surface area (Å²) in [4.78, 5) is 11.1. The summed E-state index contributed by atoms with van der Waals surface area (Å²) in [5.41, 5.74) is 0.661. The van der Waals surface area contributed by atoms with E-state index in [1.54, 1.807) is 24.3 Å². The van der Waals surface area contributed by atoms with Gasteiger partial charge in [0.15, 0.2) is 0 Å². The van der Waals surface area contributed by atoms with Crippen molar-refractivity contribution in [1.29, 1.82) is 0 Å². The quantitative estimate of drug-likeness (QED) is 0.729. The highest BCUT2D eigenvalue weighted by Crippen LogP contribution is 2.15. The van der Waals surface area contributed by atoms with Crippen LogP contribution in [0.5, 0.6) is 5.75 Å². The molecular weight excluding hydrogens is 166 g/mol. The van der Waals surface area contributed by atoms with Gasteiger partial charge in [0.1, 0.15) is 5.75 Å². The van der Waals surface area contributed by atoms with Gasteiger partial charge in [-0.25, -0.2) is 0 Å². The van der Waals surface area contributed by atoms with Crippen LogP contribution in [0.25, 0.3) is 0 Å². The summed E-state index contributed by atoms with van der Waals surface area (Å²) in [6.45, 7) is 2.48. The number of likely N-dealkylation sites (N-methyl/N-ethyl adjacent to an activating group) is 1. The number of benzene rings is 1. The number of rotatable bonds is 3. The minimum Gasteiger partial charge on any atom is -0.508 e. The van der Waals surface area contributed by atoms with Crippen LogP contribution in [0, 0.1) is 0 Å². The molecule has 1 aromatic rings. The van der Waals surface area contributed by atoms with E-state index in [1.807, 2.05) is 6.92 Å². The lowest BCUT2D eigenvalue weighted by atomic mass is 10.1. The Balaban J connectivity index is 2.63. The Bertz CT molecular complexity index is 297. The molecule has 70 valence electrons. The maximum atomic E-state index is 11.1. The molecule has 0 aliphatic carbocycles. The smallest absolute Gasteiger partial charge is 0.224 e. The highest BCUT2D eigenvalue weighted by molar-refractivity contribution is 5.79. The van der Waals surface area contributed by atoms with Crippen molar-refractivity contribution in [3.63, 3.8) is 0 Å². The average molecular weight is 179 g/mol. The normalized spacial score (nSPS) is 9.62. The van der Waals surface area contributed by atoms with Crippen LogP contribution in [-0.2, 0) is 11.2 Å². The Morgan fingerprint density at radius 2 is 2.15 bits per heavy atom. The molecule has 0 aliphatic heterocycles. The van der Waals surface area contributed by atoms with E-state index in [-0.39, 0.29) is 18.1 Å². The molecular formula is C10H13NO2. The summed E-state index contributed by atoms with van der Waals surface area (Å²) >= 11 is 0. The van der Waals surface area contributed by atoms with Crippen LogP contribution in [-0.4, -0.2) is 17.6 Å². The molecule has 0 atom stereocenters. The number of hydrogen-bond donors (Lipinski definition) is 2. The number of phenols is 1. The van der Waals surface area contributed by atoms with Gasteiger partial charge >= 0.3 is 0 Å². The second kappa shape index (κ2) is 4.50. The second-order valence-corrected chi connectivity index (χ2v) is 2.76. The van der Waals surface area contributed by atoms with E-state index in [9.17, 15) is 9.90 Å². The summed E-state index contributed by atoms with van der Waals surface area (Å²) in [6, 6.07) is 6.85. The van der Waals surface area contributed by atoms with Crippen LogP contribution in [0.2, 0.25) is 0 Å². The predicted molar refractivity (Wildman–Crippen MR) is 50.5 cm³/mol. The third-order valence-electron chi connectivity index (χ3n) is 1.72. The molecule has 0 heterocycles. The third kappa shape index (κ3) is 2.78. The van der Waals surface area contributed by atoms with Gasteiger partial charge in [0.2, 0.25) is 5.91 Å². The SMILES string of the molecule is CCNC(=O)Cc1ccccc1O. The van der Waals surface area contributed by atoms with E-state index >= 15 is 0 Å². The van der Waals surface area contributed by atoms with E-state index in [0.29, 0.717) is 12.1 Å². The van der Waals surface area contributed by atoms with Gasteiger partial charge in [-0.15, -0.1) is 0 Å². The zero-order chi connectivity index (χ0) is 9.68. The molecule has 13 heavy (non-hydrogen) atoms. The fourth-order valence-corrected chi connectivity index (χ4v) is 1.09. The number of carbonyl (C=O) groups excluding carboxylic acids is 1. The highest BCUT2D eigenvalue weighted by atomic mass is 16.3. The van der Waals surface area contributed by atoms with Gasteiger partial charge in [-0.3, -0.25) is 4.79 Å². The van der Waals surface area contributed by atoms with Gasteiger partial charge in [-0.05, 0) is 13.0 Å². The van der Waals surface area contributed by atoms with E-state index in [1.165, 1.54) is 0 Å². The van der Waals surface area contributed by atoms with Crippen molar-refractivity contribution in [2.75, 3.05) is 6.54 Å². The minimum atomic E-state index is -0.0657. The summed E-state index contributed by atoms with van der Waals surface area (Å²) in [6.07, 6.45) is 0.237. The third-order valence-corrected chi connectivity index (χ3v) is 1.72. The fraction of sp³-hybridized carbons (Fsp3) is 0.300. The predicted octanol–water partition coefficient (Wildman–Crippen LogP) is 1.07. The molecule has 1 aromatic carbocycles. The first-order valence-corrected chi connectivity index (χ1v) is 4.27. The van der Waals surface area contributed by atoms with Gasteiger partial charge in [0.25, 0.3) is 0 Å². The lowest BCUT2D eigenvalue weighted by Crippen LogP contribution is -2.24. The molecule has 0 radical (unpaired) electrons. The summed E-state index contributed by atoms with van der Waals surface area (Å²) in [7, 11) is 0. The van der Waals surface area contributed by atoms with Crippen molar-refractivity contribution in [3.8, 4) is 5.75 Å². The molecule has 0 aliphatic rings. The number of nitrogens with one attached hydrogen (secondary N) is 1. The second-order valence-electron chi connectivity index (χ2n) is 2.76. The largest absolute Gasteiger partial charge is 0.508 e. The zero-order valence-corrected chi connectivity index (χ0v) is 7.58. The fourth-order valence-electron chi connectivity index (χ4n) is 1.09. The molecule has 0 saturated heterocycles. The van der Waals surface area contributed by atoms with Gasteiger partial charge in [-0.2, -0.15) is 0 Å². The molecule has 3 nitrogen and oxygen atoms in total. The first kappa shape index (κ1) is 9.58. The minimum absolute atomic E-state index is 0.0657. The van der Waals surface area contributed by atoms with Crippen molar-refractivity contribution in [1.82, 2.24) is 5.32 Å². The van der Waals surface area contributed by atoms with Crippen LogP contribution in [0.1, 0.15) is 12.5 Å². The maximum absolute atomic E-state index is 11.1. The summed E-state index contributed by atoms with van der Waals surface area (Å²) in [5, 5.41) is 12.0. The maximum Gasteiger partial charge on any atom is 0.224 e.